The molecule has 0 saturated carbocycles. The highest BCUT2D eigenvalue weighted by atomic mass is 19.4. The molecule has 0 bridgehead atoms. The zero-order chi connectivity index (χ0) is 19.4. The minimum atomic E-state index is -4.68. The highest BCUT2D eigenvalue weighted by Gasteiger charge is 2.38. The Morgan fingerprint density at radius 3 is 2.33 bits per heavy atom. The van der Waals surface area contributed by atoms with Crippen LogP contribution in [-0.2, 0) is 12.6 Å². The molecule has 3 rings (SSSR count). The van der Waals surface area contributed by atoms with Crippen LogP contribution in [0.15, 0.2) is 53.1 Å². The summed E-state index contributed by atoms with van der Waals surface area (Å²) in [6.07, 6.45) is -4.62. The van der Waals surface area contributed by atoms with Gasteiger partial charge < -0.3 is 9.84 Å². The van der Waals surface area contributed by atoms with E-state index >= 15 is 0 Å². The number of hydrogen-bond donors (Lipinski definition) is 1. The number of anilines is 1. The Morgan fingerprint density at radius 2 is 1.78 bits per heavy atom. The number of amides is 1. The van der Waals surface area contributed by atoms with Crippen LogP contribution < -0.4 is 5.32 Å². The van der Waals surface area contributed by atoms with Crippen molar-refractivity contribution in [2.24, 2.45) is 0 Å². The van der Waals surface area contributed by atoms with Gasteiger partial charge in [-0.2, -0.15) is 23.4 Å². The van der Waals surface area contributed by atoms with Crippen molar-refractivity contribution in [2.45, 2.75) is 12.6 Å². The molecule has 1 amide bonds. The molecule has 0 aliphatic heterocycles. The first-order valence-corrected chi connectivity index (χ1v) is 7.65. The van der Waals surface area contributed by atoms with Gasteiger partial charge in [-0.15, -0.1) is 0 Å². The Labute approximate surface area is 151 Å². The number of aromatic nitrogens is 2. The van der Waals surface area contributed by atoms with Crippen molar-refractivity contribution >= 4 is 11.6 Å². The molecule has 0 spiro atoms. The van der Waals surface area contributed by atoms with Gasteiger partial charge in [-0.3, -0.25) is 4.79 Å². The second-order valence-corrected chi connectivity index (χ2v) is 5.53. The average Bonchev–Trinajstić information content (AvgIpc) is 3.12. The molecule has 0 atom stereocenters. The van der Waals surface area contributed by atoms with Gasteiger partial charge in [-0.05, 0) is 42.0 Å². The number of nitrogens with one attached hydrogen (secondary N) is 1. The molecule has 2 aromatic carbocycles. The summed E-state index contributed by atoms with van der Waals surface area (Å²) in [6.45, 7) is 0. The number of rotatable bonds is 4. The lowest BCUT2D eigenvalue weighted by Gasteiger charge is -2.06. The Kier molecular flexibility index (Phi) is 4.90. The fourth-order valence-corrected chi connectivity index (χ4v) is 2.23. The van der Waals surface area contributed by atoms with Gasteiger partial charge in [0.05, 0.1) is 11.6 Å². The van der Waals surface area contributed by atoms with E-state index in [9.17, 15) is 18.0 Å². The smallest absolute Gasteiger partial charge is 0.329 e. The van der Waals surface area contributed by atoms with Crippen LogP contribution in [0.3, 0.4) is 0 Å². The molecule has 0 aliphatic rings. The number of halogens is 3. The van der Waals surface area contributed by atoms with E-state index in [0.29, 0.717) is 22.4 Å². The number of nitriles is 1. The molecule has 6 nitrogen and oxygen atoms in total. The molecular weight excluding hydrogens is 361 g/mol. The van der Waals surface area contributed by atoms with Gasteiger partial charge >= 0.3 is 12.1 Å². The predicted molar refractivity (Wildman–Crippen MR) is 87.7 cm³/mol. The van der Waals surface area contributed by atoms with Crippen molar-refractivity contribution in [3.05, 3.63) is 76.9 Å². The Morgan fingerprint density at radius 1 is 1.11 bits per heavy atom. The zero-order valence-corrected chi connectivity index (χ0v) is 13.6. The van der Waals surface area contributed by atoms with Crippen LogP contribution in [0.5, 0.6) is 0 Å². The molecule has 1 aromatic heterocycles. The normalized spacial score (nSPS) is 11.0. The highest BCUT2D eigenvalue weighted by Crippen LogP contribution is 2.27. The number of carbonyl (C=O) groups is 1. The van der Waals surface area contributed by atoms with Crippen LogP contribution in [0.2, 0.25) is 0 Å². The summed E-state index contributed by atoms with van der Waals surface area (Å²) in [7, 11) is 0. The summed E-state index contributed by atoms with van der Waals surface area (Å²) in [6, 6.07) is 14.6. The third-order valence-corrected chi connectivity index (χ3v) is 3.56. The van der Waals surface area contributed by atoms with Crippen molar-refractivity contribution in [3.63, 3.8) is 0 Å². The van der Waals surface area contributed by atoms with E-state index in [-0.39, 0.29) is 18.2 Å². The second-order valence-electron chi connectivity index (χ2n) is 5.53. The molecule has 1 N–H and O–H groups in total. The summed E-state index contributed by atoms with van der Waals surface area (Å²) >= 11 is 0. The molecule has 9 heteroatoms. The SMILES string of the molecule is N#Cc1ccc(C(=O)Nc2ccc(Cc3noc(C(F)(F)F)n3)cc2)cc1. The van der Waals surface area contributed by atoms with E-state index in [4.69, 9.17) is 5.26 Å². The number of hydrogen-bond acceptors (Lipinski definition) is 5. The summed E-state index contributed by atoms with van der Waals surface area (Å²) in [5, 5.41) is 14.7. The first kappa shape index (κ1) is 18.1. The maximum absolute atomic E-state index is 12.4. The minimum absolute atomic E-state index is 0.0590. The van der Waals surface area contributed by atoms with Gasteiger partial charge in [0.15, 0.2) is 5.82 Å². The van der Waals surface area contributed by atoms with Crippen molar-refractivity contribution in [1.29, 1.82) is 5.26 Å². The molecule has 0 saturated heterocycles. The van der Waals surface area contributed by atoms with E-state index in [0.717, 1.165) is 0 Å². The van der Waals surface area contributed by atoms with Crippen LogP contribution >= 0.6 is 0 Å². The molecule has 0 fully saturated rings. The largest absolute Gasteiger partial charge is 0.471 e. The molecule has 3 aromatic rings. The van der Waals surface area contributed by atoms with Crippen molar-refractivity contribution < 1.29 is 22.5 Å². The first-order chi connectivity index (χ1) is 12.8. The lowest BCUT2D eigenvalue weighted by Crippen LogP contribution is -2.11. The molecule has 0 unspecified atom stereocenters. The fraction of sp³-hybridized carbons (Fsp3) is 0.111. The molecule has 0 radical (unpaired) electrons. The predicted octanol–water partition coefficient (Wildman–Crippen LogP) is 3.80. The lowest BCUT2D eigenvalue weighted by atomic mass is 10.1. The van der Waals surface area contributed by atoms with Gasteiger partial charge in [-0.25, -0.2) is 0 Å². The topological polar surface area (TPSA) is 91.8 Å². The van der Waals surface area contributed by atoms with Gasteiger partial charge in [-0.1, -0.05) is 17.3 Å². The summed E-state index contributed by atoms with van der Waals surface area (Å²) in [5.74, 6) is -1.82. The summed E-state index contributed by atoms with van der Waals surface area (Å²) < 4.78 is 41.5. The Balaban J connectivity index is 1.63. The second kappa shape index (κ2) is 7.29. The third-order valence-electron chi connectivity index (χ3n) is 3.56. The zero-order valence-electron chi connectivity index (χ0n) is 13.6. The molecule has 0 aliphatic carbocycles. The Bertz CT molecular complexity index is 987. The quantitative estimate of drug-likeness (QED) is 0.752. The maximum Gasteiger partial charge on any atom is 0.471 e. The minimum Gasteiger partial charge on any atom is -0.329 e. The molecule has 27 heavy (non-hydrogen) atoms. The standard InChI is InChI=1S/C18H11F3N4O2/c19-18(20,21)17-24-15(25-27-17)9-11-3-7-14(8-4-11)23-16(26)13-5-1-12(10-22)2-6-13/h1-8H,9H2,(H,23,26). The van der Waals surface area contributed by atoms with E-state index in [1.54, 1.807) is 24.3 Å². The van der Waals surface area contributed by atoms with Gasteiger partial charge in [0.2, 0.25) is 0 Å². The highest BCUT2D eigenvalue weighted by molar-refractivity contribution is 6.04. The van der Waals surface area contributed by atoms with Crippen LogP contribution in [0.25, 0.3) is 0 Å². The molecule has 136 valence electrons. The van der Waals surface area contributed by atoms with Crippen LogP contribution in [0.1, 0.15) is 33.2 Å². The van der Waals surface area contributed by atoms with Crippen molar-refractivity contribution in [2.75, 3.05) is 5.32 Å². The molecular formula is C18H11F3N4O2. The monoisotopic (exact) mass is 372 g/mol. The van der Waals surface area contributed by atoms with E-state index in [2.05, 4.69) is 20.0 Å². The van der Waals surface area contributed by atoms with E-state index in [1.807, 2.05) is 6.07 Å². The van der Waals surface area contributed by atoms with E-state index in [1.165, 1.54) is 24.3 Å². The van der Waals surface area contributed by atoms with Crippen LogP contribution in [0, 0.1) is 11.3 Å². The summed E-state index contributed by atoms with van der Waals surface area (Å²) in [4.78, 5) is 15.5. The van der Waals surface area contributed by atoms with E-state index < -0.39 is 12.1 Å². The average molecular weight is 372 g/mol. The van der Waals surface area contributed by atoms with Crippen molar-refractivity contribution in [1.82, 2.24) is 10.1 Å². The number of benzene rings is 2. The number of nitrogens with zero attached hydrogens (tertiary/aromatic N) is 3. The van der Waals surface area contributed by atoms with Crippen LogP contribution in [-0.4, -0.2) is 16.0 Å². The molecule has 1 heterocycles. The summed E-state index contributed by atoms with van der Waals surface area (Å²) in [5.41, 5.74) is 2.01. The van der Waals surface area contributed by atoms with Crippen molar-refractivity contribution in [3.8, 4) is 6.07 Å². The number of alkyl halides is 3. The van der Waals surface area contributed by atoms with Crippen LogP contribution in [0.4, 0.5) is 18.9 Å². The third kappa shape index (κ3) is 4.49. The van der Waals surface area contributed by atoms with Gasteiger partial charge in [0.1, 0.15) is 0 Å². The maximum atomic E-state index is 12.4. The first-order valence-electron chi connectivity index (χ1n) is 7.65. The van der Waals surface area contributed by atoms with Gasteiger partial charge in [0, 0.05) is 17.7 Å². The fourth-order valence-electron chi connectivity index (χ4n) is 2.23. The Hall–Kier alpha value is -3.67. The lowest BCUT2D eigenvalue weighted by molar-refractivity contribution is -0.159. The van der Waals surface area contributed by atoms with Gasteiger partial charge in [0.25, 0.3) is 5.91 Å². The number of carbonyl (C=O) groups excluding carboxylic acids is 1.